The van der Waals surface area contributed by atoms with Crippen molar-refractivity contribution in [2.75, 3.05) is 13.1 Å². The minimum absolute atomic E-state index is 0.0776. The smallest absolute Gasteiger partial charge is 0.256 e. The molecule has 1 aliphatic rings. The molecule has 0 aliphatic carbocycles. The van der Waals surface area contributed by atoms with E-state index in [1.54, 1.807) is 41.4 Å². The predicted octanol–water partition coefficient (Wildman–Crippen LogP) is 4.50. The Morgan fingerprint density at radius 3 is 2.88 bits per heavy atom. The highest BCUT2D eigenvalue weighted by Crippen LogP contribution is 2.27. The van der Waals surface area contributed by atoms with Crippen LogP contribution in [0.2, 0.25) is 5.02 Å². The molecule has 1 aromatic heterocycles. The Labute approximate surface area is 143 Å². The second-order valence-electron chi connectivity index (χ2n) is 5.79. The lowest BCUT2D eigenvalue weighted by Gasteiger charge is -2.16. The summed E-state index contributed by atoms with van der Waals surface area (Å²) in [6.45, 7) is 0.878. The summed E-state index contributed by atoms with van der Waals surface area (Å²) >= 11 is 5.98. The second-order valence-corrected chi connectivity index (χ2v) is 6.22. The first-order valence-corrected chi connectivity index (χ1v) is 8.01. The van der Waals surface area contributed by atoms with Crippen LogP contribution >= 0.6 is 11.6 Å². The molecular formula is C19H14ClFN2O. The Bertz CT molecular complexity index is 976. The summed E-state index contributed by atoms with van der Waals surface area (Å²) in [7, 11) is 0. The Balaban J connectivity index is 1.59. The zero-order chi connectivity index (χ0) is 16.7. The van der Waals surface area contributed by atoms with E-state index in [2.05, 4.69) is 4.98 Å². The molecular weight excluding hydrogens is 327 g/mol. The van der Waals surface area contributed by atoms with Crippen molar-refractivity contribution in [3.63, 3.8) is 0 Å². The van der Waals surface area contributed by atoms with E-state index in [0.717, 1.165) is 16.5 Å². The molecule has 1 aliphatic heterocycles. The molecule has 1 amide bonds. The van der Waals surface area contributed by atoms with Crippen LogP contribution < -0.4 is 0 Å². The quantitative estimate of drug-likeness (QED) is 0.732. The topological polar surface area (TPSA) is 36.1 Å². The monoisotopic (exact) mass is 340 g/mol. The zero-order valence-corrected chi connectivity index (χ0v) is 13.5. The van der Waals surface area contributed by atoms with E-state index in [0.29, 0.717) is 29.2 Å². The molecule has 0 spiro atoms. The van der Waals surface area contributed by atoms with Crippen molar-refractivity contribution in [1.29, 1.82) is 0 Å². The Morgan fingerprint density at radius 2 is 2.04 bits per heavy atom. The van der Waals surface area contributed by atoms with E-state index in [1.165, 1.54) is 6.07 Å². The first kappa shape index (κ1) is 15.0. The number of hydrogen-bond acceptors (Lipinski definition) is 1. The van der Waals surface area contributed by atoms with E-state index in [9.17, 15) is 9.18 Å². The Hall–Kier alpha value is -2.59. The van der Waals surface area contributed by atoms with Crippen molar-refractivity contribution >= 4 is 34.0 Å². The minimum atomic E-state index is -0.264. The minimum Gasteiger partial charge on any atom is -0.360 e. The van der Waals surface area contributed by atoms with E-state index in [-0.39, 0.29) is 11.7 Å². The molecule has 120 valence electrons. The standard InChI is InChI=1S/C19H14ClFN2O/c20-13-5-6-15-16(10-22-18(15)9-13)19(24)23-8-7-12(11-23)14-3-1-2-4-17(14)21/h1-7,9-10,22H,8,11H2. The summed E-state index contributed by atoms with van der Waals surface area (Å²) in [5, 5.41) is 1.46. The van der Waals surface area contributed by atoms with Gasteiger partial charge in [0.25, 0.3) is 5.91 Å². The number of carbonyl (C=O) groups is 1. The third kappa shape index (κ3) is 2.49. The van der Waals surface area contributed by atoms with Crippen LogP contribution in [0.15, 0.2) is 54.7 Å². The highest BCUT2D eigenvalue weighted by molar-refractivity contribution is 6.31. The van der Waals surface area contributed by atoms with Gasteiger partial charge in [0, 0.05) is 40.8 Å². The van der Waals surface area contributed by atoms with Gasteiger partial charge in [-0.1, -0.05) is 41.9 Å². The maximum Gasteiger partial charge on any atom is 0.256 e. The number of benzene rings is 2. The lowest BCUT2D eigenvalue weighted by Crippen LogP contribution is -2.28. The van der Waals surface area contributed by atoms with Gasteiger partial charge in [-0.05, 0) is 23.8 Å². The number of nitrogens with zero attached hydrogens (tertiary/aromatic N) is 1. The van der Waals surface area contributed by atoms with Crippen molar-refractivity contribution in [2.24, 2.45) is 0 Å². The average molecular weight is 341 g/mol. The largest absolute Gasteiger partial charge is 0.360 e. The molecule has 0 saturated heterocycles. The number of fused-ring (bicyclic) bond motifs is 1. The van der Waals surface area contributed by atoms with Gasteiger partial charge < -0.3 is 9.88 Å². The van der Waals surface area contributed by atoms with Gasteiger partial charge in [-0.15, -0.1) is 0 Å². The van der Waals surface area contributed by atoms with E-state index >= 15 is 0 Å². The van der Waals surface area contributed by atoms with Crippen LogP contribution in [0.25, 0.3) is 16.5 Å². The molecule has 0 unspecified atom stereocenters. The van der Waals surface area contributed by atoms with E-state index in [1.807, 2.05) is 12.1 Å². The van der Waals surface area contributed by atoms with E-state index in [4.69, 9.17) is 11.6 Å². The number of aromatic nitrogens is 1. The summed E-state index contributed by atoms with van der Waals surface area (Å²) in [5.74, 6) is -0.342. The first-order chi connectivity index (χ1) is 11.6. The van der Waals surface area contributed by atoms with Gasteiger partial charge in [0.1, 0.15) is 5.82 Å². The molecule has 24 heavy (non-hydrogen) atoms. The van der Waals surface area contributed by atoms with Gasteiger partial charge in [0.2, 0.25) is 0 Å². The lowest BCUT2D eigenvalue weighted by molar-refractivity contribution is 0.0803. The fourth-order valence-corrected chi connectivity index (χ4v) is 3.24. The van der Waals surface area contributed by atoms with Crippen LogP contribution in [0.5, 0.6) is 0 Å². The Morgan fingerprint density at radius 1 is 1.21 bits per heavy atom. The van der Waals surface area contributed by atoms with Gasteiger partial charge in [-0.3, -0.25) is 4.79 Å². The molecule has 2 heterocycles. The highest BCUT2D eigenvalue weighted by Gasteiger charge is 2.24. The van der Waals surface area contributed by atoms with Gasteiger partial charge in [-0.2, -0.15) is 0 Å². The molecule has 0 radical (unpaired) electrons. The number of amides is 1. The number of halogens is 2. The summed E-state index contributed by atoms with van der Waals surface area (Å²) < 4.78 is 13.9. The average Bonchev–Trinajstić information content (AvgIpc) is 3.21. The van der Waals surface area contributed by atoms with Crippen molar-refractivity contribution in [3.8, 4) is 0 Å². The molecule has 5 heteroatoms. The van der Waals surface area contributed by atoms with Crippen LogP contribution in [0.1, 0.15) is 15.9 Å². The molecule has 1 N–H and O–H groups in total. The van der Waals surface area contributed by atoms with Gasteiger partial charge in [0.05, 0.1) is 5.56 Å². The Kier molecular flexibility index (Phi) is 3.62. The van der Waals surface area contributed by atoms with Crippen LogP contribution in [0.4, 0.5) is 4.39 Å². The van der Waals surface area contributed by atoms with Crippen LogP contribution in [0.3, 0.4) is 0 Å². The molecule has 0 bridgehead atoms. The van der Waals surface area contributed by atoms with Crippen molar-refractivity contribution in [3.05, 3.63) is 76.7 Å². The maximum atomic E-state index is 13.9. The van der Waals surface area contributed by atoms with Gasteiger partial charge in [0.15, 0.2) is 0 Å². The number of aromatic amines is 1. The third-order valence-corrected chi connectivity index (χ3v) is 4.54. The molecule has 0 atom stereocenters. The van der Waals surface area contributed by atoms with Crippen LogP contribution in [-0.4, -0.2) is 28.9 Å². The fraction of sp³-hybridized carbons (Fsp3) is 0.105. The van der Waals surface area contributed by atoms with Gasteiger partial charge in [-0.25, -0.2) is 4.39 Å². The van der Waals surface area contributed by atoms with Crippen molar-refractivity contribution in [1.82, 2.24) is 9.88 Å². The van der Waals surface area contributed by atoms with Gasteiger partial charge >= 0.3 is 0 Å². The number of carbonyl (C=O) groups excluding carboxylic acids is 1. The second kappa shape index (κ2) is 5.80. The number of rotatable bonds is 2. The SMILES string of the molecule is O=C(c1c[nH]c2cc(Cl)ccc12)N1CC=C(c2ccccc2F)C1. The number of hydrogen-bond donors (Lipinski definition) is 1. The molecule has 3 nitrogen and oxygen atoms in total. The number of nitrogens with one attached hydrogen (secondary N) is 1. The molecule has 0 fully saturated rings. The maximum absolute atomic E-state index is 13.9. The summed E-state index contributed by atoms with van der Waals surface area (Å²) in [6, 6.07) is 12.0. The summed E-state index contributed by atoms with van der Waals surface area (Å²) in [6.07, 6.45) is 3.60. The molecule has 0 saturated carbocycles. The predicted molar refractivity (Wildman–Crippen MR) is 93.6 cm³/mol. The van der Waals surface area contributed by atoms with Crippen LogP contribution in [0, 0.1) is 5.82 Å². The lowest BCUT2D eigenvalue weighted by atomic mass is 10.1. The van der Waals surface area contributed by atoms with E-state index < -0.39 is 0 Å². The zero-order valence-electron chi connectivity index (χ0n) is 12.7. The summed E-state index contributed by atoms with van der Waals surface area (Å²) in [4.78, 5) is 17.6. The molecule has 3 aromatic rings. The summed E-state index contributed by atoms with van der Waals surface area (Å²) in [5.41, 5.74) is 2.82. The normalized spacial score (nSPS) is 14.2. The molecule has 4 rings (SSSR count). The van der Waals surface area contributed by atoms with Crippen molar-refractivity contribution in [2.45, 2.75) is 0 Å². The molecule has 2 aromatic carbocycles. The first-order valence-electron chi connectivity index (χ1n) is 7.63. The van der Waals surface area contributed by atoms with Crippen molar-refractivity contribution < 1.29 is 9.18 Å². The third-order valence-electron chi connectivity index (χ3n) is 4.30. The number of H-pyrrole nitrogens is 1. The van der Waals surface area contributed by atoms with Crippen LogP contribution in [-0.2, 0) is 0 Å². The fourth-order valence-electron chi connectivity index (χ4n) is 3.07. The highest BCUT2D eigenvalue weighted by atomic mass is 35.5.